The Morgan fingerprint density at radius 3 is 2.50 bits per heavy atom. The van der Waals surface area contributed by atoms with E-state index in [4.69, 9.17) is 9.78 Å². The van der Waals surface area contributed by atoms with Crippen LogP contribution in [-0.4, -0.2) is 37.8 Å². The number of nitrogens with zero attached hydrogens (tertiary/aromatic N) is 5. The summed E-state index contributed by atoms with van der Waals surface area (Å²) in [4.78, 5) is 30.5. The molecule has 0 radical (unpaired) electrons. The lowest BCUT2D eigenvalue weighted by atomic mass is 9.86. The number of nitrogens with one attached hydrogen (secondary N) is 2. The molecule has 0 aliphatic heterocycles. The minimum absolute atomic E-state index is 0.0841. The molecule has 184 valence electrons. The van der Waals surface area contributed by atoms with E-state index in [9.17, 15) is 9.59 Å². The maximum Gasteiger partial charge on any atom is 0.273 e. The van der Waals surface area contributed by atoms with Crippen molar-refractivity contribution in [2.45, 2.75) is 46.8 Å². The third kappa shape index (κ3) is 5.41. The predicted octanol–water partition coefficient (Wildman–Crippen LogP) is 3.11. The zero-order valence-corrected chi connectivity index (χ0v) is 20.6. The molecule has 0 bridgehead atoms. The van der Waals surface area contributed by atoms with Gasteiger partial charge in [0, 0.05) is 12.3 Å². The van der Waals surface area contributed by atoms with Gasteiger partial charge >= 0.3 is 0 Å². The van der Waals surface area contributed by atoms with Crippen LogP contribution >= 0.6 is 0 Å². The molecular weight excluding hydrogens is 458 g/mol. The summed E-state index contributed by atoms with van der Waals surface area (Å²) in [5.74, 6) is -0.0503. The van der Waals surface area contributed by atoms with Gasteiger partial charge in [-0.25, -0.2) is 0 Å². The Morgan fingerprint density at radius 2 is 1.86 bits per heavy atom. The highest BCUT2D eigenvalue weighted by Crippen LogP contribution is 2.23. The van der Waals surface area contributed by atoms with Crippen molar-refractivity contribution >= 4 is 22.7 Å². The number of amides is 2. The summed E-state index contributed by atoms with van der Waals surface area (Å²) in [5, 5.41) is 23.7. The van der Waals surface area contributed by atoms with E-state index in [0.29, 0.717) is 29.2 Å². The minimum Gasteiger partial charge on any atom is -0.347 e. The lowest BCUT2D eigenvalue weighted by molar-refractivity contribution is -0.125. The molecule has 2 aromatic carbocycles. The number of hydrogen-bond acceptors (Lipinski definition) is 7. The van der Waals surface area contributed by atoms with Crippen LogP contribution in [0.25, 0.3) is 10.9 Å². The average Bonchev–Trinajstić information content (AvgIpc) is 3.44. The van der Waals surface area contributed by atoms with Crippen LogP contribution in [0, 0.1) is 23.7 Å². The van der Waals surface area contributed by atoms with Crippen molar-refractivity contribution in [3.05, 3.63) is 77.1 Å². The summed E-state index contributed by atoms with van der Waals surface area (Å²) in [6.45, 7) is 7.79. The van der Waals surface area contributed by atoms with Crippen molar-refractivity contribution in [2.24, 2.45) is 5.41 Å². The fourth-order valence-corrected chi connectivity index (χ4v) is 3.83. The molecule has 2 amide bonds. The van der Waals surface area contributed by atoms with E-state index in [1.54, 1.807) is 23.7 Å². The first-order valence-electron chi connectivity index (χ1n) is 11.5. The van der Waals surface area contributed by atoms with Crippen molar-refractivity contribution in [2.75, 3.05) is 0 Å². The number of para-hydroxylation sites is 1. The second-order valence-electron chi connectivity index (χ2n) is 9.55. The maximum atomic E-state index is 13.4. The quantitative estimate of drug-likeness (QED) is 0.410. The van der Waals surface area contributed by atoms with Crippen molar-refractivity contribution in [1.29, 1.82) is 5.26 Å². The van der Waals surface area contributed by atoms with Crippen LogP contribution in [0.3, 0.4) is 0 Å². The molecule has 0 aliphatic carbocycles. The van der Waals surface area contributed by atoms with Gasteiger partial charge in [-0.3, -0.25) is 14.3 Å². The summed E-state index contributed by atoms with van der Waals surface area (Å²) in [7, 11) is 0. The van der Waals surface area contributed by atoms with Gasteiger partial charge in [-0.05, 0) is 29.2 Å². The van der Waals surface area contributed by atoms with Crippen LogP contribution < -0.4 is 10.6 Å². The number of aromatic nitrogens is 4. The van der Waals surface area contributed by atoms with Gasteiger partial charge in [-0.15, -0.1) is 0 Å². The fraction of sp³-hybridized carbons (Fsp3) is 0.308. The Labute approximate surface area is 208 Å². The van der Waals surface area contributed by atoms with Crippen molar-refractivity contribution in [3.63, 3.8) is 0 Å². The first-order valence-corrected chi connectivity index (χ1v) is 11.5. The topological polar surface area (TPSA) is 139 Å². The maximum absolute atomic E-state index is 13.4. The third-order valence-electron chi connectivity index (χ3n) is 5.68. The van der Waals surface area contributed by atoms with Gasteiger partial charge < -0.3 is 15.2 Å². The zero-order valence-electron chi connectivity index (χ0n) is 20.6. The van der Waals surface area contributed by atoms with E-state index in [1.165, 1.54) is 0 Å². The van der Waals surface area contributed by atoms with Gasteiger partial charge in [-0.2, -0.15) is 15.3 Å². The molecule has 4 aromatic rings. The molecule has 2 aromatic heterocycles. The second-order valence-corrected chi connectivity index (χ2v) is 9.55. The van der Waals surface area contributed by atoms with E-state index in [-0.39, 0.29) is 18.1 Å². The summed E-state index contributed by atoms with van der Waals surface area (Å²) >= 11 is 0. The Hall–Kier alpha value is -4.52. The number of carbonyl (C=O) groups excluding carboxylic acids is 2. The number of rotatable bonds is 7. The minimum atomic E-state index is -0.833. The number of nitriles is 1. The fourth-order valence-electron chi connectivity index (χ4n) is 3.83. The second kappa shape index (κ2) is 10.00. The molecular formula is C26H27N7O3. The molecule has 1 atom stereocenters. The van der Waals surface area contributed by atoms with Crippen LogP contribution in [0.2, 0.25) is 0 Å². The summed E-state index contributed by atoms with van der Waals surface area (Å²) in [5.41, 5.74) is 1.96. The molecule has 0 saturated heterocycles. The normalized spacial score (nSPS) is 12.2. The van der Waals surface area contributed by atoms with E-state index in [0.717, 1.165) is 11.1 Å². The molecule has 0 aliphatic rings. The number of hydrogen-bond donors (Lipinski definition) is 2. The smallest absolute Gasteiger partial charge is 0.273 e. The molecule has 0 fully saturated rings. The highest BCUT2D eigenvalue weighted by atomic mass is 16.5. The van der Waals surface area contributed by atoms with Gasteiger partial charge in [0.2, 0.25) is 11.8 Å². The van der Waals surface area contributed by atoms with Crippen LogP contribution in [0.4, 0.5) is 0 Å². The Bertz CT molecular complexity index is 1440. The van der Waals surface area contributed by atoms with E-state index < -0.39 is 17.4 Å². The molecule has 0 spiro atoms. The van der Waals surface area contributed by atoms with Gasteiger partial charge in [-0.1, -0.05) is 56.3 Å². The van der Waals surface area contributed by atoms with Crippen molar-refractivity contribution < 1.29 is 14.1 Å². The van der Waals surface area contributed by atoms with Crippen LogP contribution in [0.5, 0.6) is 0 Å². The van der Waals surface area contributed by atoms with E-state index in [1.807, 2.05) is 57.2 Å². The van der Waals surface area contributed by atoms with Crippen molar-refractivity contribution in [3.8, 4) is 6.07 Å². The van der Waals surface area contributed by atoms with Gasteiger partial charge in [0.15, 0.2) is 11.5 Å². The van der Waals surface area contributed by atoms with Gasteiger partial charge in [0.25, 0.3) is 5.91 Å². The Balaban J connectivity index is 1.56. The summed E-state index contributed by atoms with van der Waals surface area (Å²) in [6, 6.07) is 15.9. The highest BCUT2D eigenvalue weighted by molar-refractivity contribution is 6.06. The third-order valence-corrected chi connectivity index (χ3v) is 5.68. The SMILES string of the molecule is Cc1nc(CNC(=O)[C@@H](NC(=O)c2nn(Cc3ccc(C#N)cc3)c3ccccc23)C(C)(C)C)no1. The summed E-state index contributed by atoms with van der Waals surface area (Å²) < 4.78 is 6.68. The van der Waals surface area contributed by atoms with Gasteiger partial charge in [0.1, 0.15) is 6.04 Å². The molecule has 10 nitrogen and oxygen atoms in total. The van der Waals surface area contributed by atoms with Crippen LogP contribution in [-0.2, 0) is 17.9 Å². The molecule has 10 heteroatoms. The zero-order chi connectivity index (χ0) is 25.9. The number of carbonyl (C=O) groups is 2. The average molecular weight is 486 g/mol. The Morgan fingerprint density at radius 1 is 1.14 bits per heavy atom. The largest absolute Gasteiger partial charge is 0.347 e. The number of benzene rings is 2. The van der Waals surface area contributed by atoms with Gasteiger partial charge in [0.05, 0.1) is 30.2 Å². The lowest BCUT2D eigenvalue weighted by Gasteiger charge is -2.30. The van der Waals surface area contributed by atoms with E-state index in [2.05, 4.69) is 31.9 Å². The molecule has 4 rings (SSSR count). The molecule has 2 N–H and O–H groups in total. The molecule has 0 unspecified atom stereocenters. The Kier molecular flexibility index (Phi) is 6.83. The molecule has 36 heavy (non-hydrogen) atoms. The highest BCUT2D eigenvalue weighted by Gasteiger charge is 2.34. The lowest BCUT2D eigenvalue weighted by Crippen LogP contribution is -2.53. The molecule has 2 heterocycles. The van der Waals surface area contributed by atoms with Crippen LogP contribution in [0.1, 0.15) is 54.1 Å². The van der Waals surface area contributed by atoms with Crippen molar-refractivity contribution in [1.82, 2.24) is 30.6 Å². The van der Waals surface area contributed by atoms with Crippen LogP contribution in [0.15, 0.2) is 53.1 Å². The summed E-state index contributed by atoms with van der Waals surface area (Å²) in [6.07, 6.45) is 0. The predicted molar refractivity (Wildman–Crippen MR) is 132 cm³/mol. The van der Waals surface area contributed by atoms with E-state index >= 15 is 0 Å². The first-order chi connectivity index (χ1) is 17.2. The molecule has 0 saturated carbocycles. The number of fused-ring (bicyclic) bond motifs is 1. The monoisotopic (exact) mass is 485 g/mol. The number of aryl methyl sites for hydroxylation is 1. The standard InChI is InChI=1S/C26H27N7O3/c1-16-29-21(32-36-16)14-28-25(35)23(26(2,3)4)30-24(34)22-19-7-5-6-8-20(19)33(31-22)15-18-11-9-17(13-27)10-12-18/h5-12,23H,14-15H2,1-4H3,(H,28,35)(H,30,34)/t23-/m1/s1. The first kappa shape index (κ1) is 24.6.